The number of nitrogens with two attached hydrogens (primary N) is 2. The van der Waals surface area contributed by atoms with Crippen molar-refractivity contribution in [2.75, 3.05) is 13.2 Å². The molecule has 0 fully saturated rings. The van der Waals surface area contributed by atoms with Crippen LogP contribution in [0.4, 0.5) is 0 Å². The molecule has 0 aromatic heterocycles. The number of aliphatic carboxylic acids is 1. The highest BCUT2D eigenvalue weighted by Gasteiger charge is 2.31. The number of carboxylic acids is 1. The van der Waals surface area contributed by atoms with E-state index in [0.717, 1.165) is 0 Å². The number of nitrogens with one attached hydrogen (secondary N) is 3. The van der Waals surface area contributed by atoms with Gasteiger partial charge in [-0.1, -0.05) is 30.3 Å². The quantitative estimate of drug-likeness (QED) is 0.145. The van der Waals surface area contributed by atoms with Gasteiger partial charge in [0.15, 0.2) is 0 Å². The van der Waals surface area contributed by atoms with Crippen LogP contribution in [0.25, 0.3) is 0 Å². The number of aliphatic hydroxyl groups excluding tert-OH is 2. The molecule has 0 bridgehead atoms. The maximum atomic E-state index is 12.9. The van der Waals surface area contributed by atoms with Crippen LogP contribution in [0, 0.1) is 0 Å². The Morgan fingerprint density at radius 1 is 0.812 bits per heavy atom. The van der Waals surface area contributed by atoms with Gasteiger partial charge in [0, 0.05) is 6.42 Å². The van der Waals surface area contributed by atoms with E-state index in [1.54, 1.807) is 30.3 Å². The lowest BCUT2D eigenvalue weighted by Gasteiger charge is -2.24. The van der Waals surface area contributed by atoms with Gasteiger partial charge in [-0.25, -0.2) is 4.79 Å². The summed E-state index contributed by atoms with van der Waals surface area (Å²) in [5.74, 6) is -5.28. The van der Waals surface area contributed by atoms with Crippen LogP contribution in [0.3, 0.4) is 0 Å². The average molecular weight is 453 g/mol. The molecule has 0 aliphatic rings. The molecule has 4 atom stereocenters. The number of carbonyl (C=O) groups excluding carboxylic acids is 4. The third-order valence-corrected chi connectivity index (χ3v) is 4.28. The first-order chi connectivity index (χ1) is 15.1. The predicted octanol–water partition coefficient (Wildman–Crippen LogP) is -4.04. The summed E-state index contributed by atoms with van der Waals surface area (Å²) in [5, 5.41) is 33.7. The first kappa shape index (κ1) is 26.5. The molecule has 0 saturated carbocycles. The van der Waals surface area contributed by atoms with Gasteiger partial charge in [0.2, 0.25) is 23.6 Å². The molecule has 0 radical (unpaired) electrons. The molecule has 1 aromatic rings. The summed E-state index contributed by atoms with van der Waals surface area (Å²) in [7, 11) is 0. The Hall–Kier alpha value is -3.55. The van der Waals surface area contributed by atoms with Crippen molar-refractivity contribution in [3.05, 3.63) is 35.9 Å². The summed E-state index contributed by atoms with van der Waals surface area (Å²) in [6.07, 6.45) is -0.687. The van der Waals surface area contributed by atoms with Gasteiger partial charge in [-0.3, -0.25) is 19.2 Å². The van der Waals surface area contributed by atoms with E-state index in [4.69, 9.17) is 26.8 Å². The van der Waals surface area contributed by atoms with Crippen LogP contribution in [0.2, 0.25) is 0 Å². The van der Waals surface area contributed by atoms with E-state index in [0.29, 0.717) is 5.56 Å². The van der Waals surface area contributed by atoms with Gasteiger partial charge < -0.3 is 42.7 Å². The van der Waals surface area contributed by atoms with Crippen LogP contribution in [0.1, 0.15) is 12.0 Å². The lowest BCUT2D eigenvalue weighted by molar-refractivity contribution is -0.143. The highest BCUT2D eigenvalue weighted by Crippen LogP contribution is 2.05. The van der Waals surface area contributed by atoms with Crippen molar-refractivity contribution in [2.24, 2.45) is 11.5 Å². The highest BCUT2D eigenvalue weighted by molar-refractivity contribution is 5.96. The highest BCUT2D eigenvalue weighted by atomic mass is 16.4. The van der Waals surface area contributed by atoms with E-state index in [9.17, 15) is 24.0 Å². The number of amides is 4. The molecular formula is C19H27N5O8. The maximum Gasteiger partial charge on any atom is 0.328 e. The summed E-state index contributed by atoms with van der Waals surface area (Å²) in [4.78, 5) is 59.8. The molecule has 176 valence electrons. The van der Waals surface area contributed by atoms with Crippen LogP contribution >= 0.6 is 0 Å². The van der Waals surface area contributed by atoms with E-state index >= 15 is 0 Å². The molecule has 1 aromatic carbocycles. The van der Waals surface area contributed by atoms with E-state index in [1.165, 1.54) is 0 Å². The second kappa shape index (κ2) is 13.0. The standard InChI is InChI=1S/C19H27N5O8/c20-11(8-25)16(28)22-12(6-10-4-2-1-3-5-10)17(29)23-13(7-15(21)27)18(30)24-14(9-26)19(31)32/h1-5,11-14,25-26H,6-9,20H2,(H2,21,27)(H,22,28)(H,23,29)(H,24,30)(H,31,32). The van der Waals surface area contributed by atoms with Crippen molar-refractivity contribution < 1.29 is 39.3 Å². The zero-order valence-electron chi connectivity index (χ0n) is 17.1. The van der Waals surface area contributed by atoms with Gasteiger partial charge in [-0.05, 0) is 5.56 Å². The number of carboxylic acid groups (broad SMARTS) is 1. The maximum absolute atomic E-state index is 12.9. The molecule has 0 spiro atoms. The smallest absolute Gasteiger partial charge is 0.328 e. The second-order valence-corrected chi connectivity index (χ2v) is 6.85. The largest absolute Gasteiger partial charge is 0.480 e. The molecule has 0 saturated heterocycles. The molecule has 1 rings (SSSR count). The van der Waals surface area contributed by atoms with Crippen molar-refractivity contribution in [1.29, 1.82) is 0 Å². The van der Waals surface area contributed by atoms with Crippen molar-refractivity contribution in [3.8, 4) is 0 Å². The summed E-state index contributed by atoms with van der Waals surface area (Å²) < 4.78 is 0. The SMILES string of the molecule is NC(=O)CC(NC(=O)C(Cc1ccccc1)NC(=O)C(N)CO)C(=O)NC(CO)C(=O)O. The van der Waals surface area contributed by atoms with Crippen LogP contribution in [-0.4, -0.2) is 82.3 Å². The third kappa shape index (κ3) is 8.67. The van der Waals surface area contributed by atoms with E-state index in [1.807, 2.05) is 5.32 Å². The Labute approximate surface area is 183 Å². The molecule has 10 N–H and O–H groups in total. The number of primary amides is 1. The van der Waals surface area contributed by atoms with Gasteiger partial charge in [-0.15, -0.1) is 0 Å². The molecular weight excluding hydrogens is 426 g/mol. The fraction of sp³-hybridized carbons (Fsp3) is 0.421. The Bertz CT molecular complexity index is 819. The number of rotatable bonds is 13. The lowest BCUT2D eigenvalue weighted by Crippen LogP contribution is -2.58. The van der Waals surface area contributed by atoms with Gasteiger partial charge >= 0.3 is 5.97 Å². The number of aliphatic hydroxyl groups is 2. The van der Waals surface area contributed by atoms with Crippen molar-refractivity contribution in [3.63, 3.8) is 0 Å². The normalized spacial score (nSPS) is 14.3. The first-order valence-electron chi connectivity index (χ1n) is 9.52. The van der Waals surface area contributed by atoms with E-state index in [-0.39, 0.29) is 6.42 Å². The lowest BCUT2D eigenvalue weighted by atomic mass is 10.0. The Morgan fingerprint density at radius 2 is 1.34 bits per heavy atom. The van der Waals surface area contributed by atoms with Gasteiger partial charge in [0.25, 0.3) is 0 Å². The number of hydrogen-bond acceptors (Lipinski definition) is 8. The minimum absolute atomic E-state index is 0.0180. The van der Waals surface area contributed by atoms with Crippen molar-refractivity contribution in [1.82, 2.24) is 16.0 Å². The molecule has 0 aliphatic carbocycles. The van der Waals surface area contributed by atoms with E-state index < -0.39 is 73.4 Å². The summed E-state index contributed by atoms with van der Waals surface area (Å²) in [6, 6.07) is 2.73. The van der Waals surface area contributed by atoms with E-state index in [2.05, 4.69) is 10.6 Å². The van der Waals surface area contributed by atoms with Crippen LogP contribution in [0.15, 0.2) is 30.3 Å². The average Bonchev–Trinajstić information content (AvgIpc) is 2.75. The monoisotopic (exact) mass is 453 g/mol. The Morgan fingerprint density at radius 3 is 1.84 bits per heavy atom. The number of hydrogen-bond donors (Lipinski definition) is 8. The molecule has 4 amide bonds. The second-order valence-electron chi connectivity index (χ2n) is 6.85. The minimum Gasteiger partial charge on any atom is -0.480 e. The molecule has 13 nitrogen and oxygen atoms in total. The molecule has 0 heterocycles. The predicted molar refractivity (Wildman–Crippen MR) is 110 cm³/mol. The Balaban J connectivity index is 3.06. The molecule has 0 aliphatic heterocycles. The zero-order valence-corrected chi connectivity index (χ0v) is 17.1. The summed E-state index contributed by atoms with van der Waals surface area (Å²) >= 11 is 0. The summed E-state index contributed by atoms with van der Waals surface area (Å²) in [6.45, 7) is -1.60. The number of carbonyl (C=O) groups is 5. The number of benzene rings is 1. The van der Waals surface area contributed by atoms with Crippen molar-refractivity contribution >= 4 is 29.6 Å². The van der Waals surface area contributed by atoms with Crippen molar-refractivity contribution in [2.45, 2.75) is 37.0 Å². The van der Waals surface area contributed by atoms with Gasteiger partial charge in [-0.2, -0.15) is 0 Å². The van der Waals surface area contributed by atoms with Gasteiger partial charge in [0.1, 0.15) is 24.2 Å². The van der Waals surface area contributed by atoms with Gasteiger partial charge in [0.05, 0.1) is 19.6 Å². The summed E-state index contributed by atoms with van der Waals surface area (Å²) in [5.41, 5.74) is 11.2. The topological polar surface area (TPSA) is 234 Å². The third-order valence-electron chi connectivity index (χ3n) is 4.28. The Kier molecular flexibility index (Phi) is 10.8. The molecule has 4 unspecified atom stereocenters. The minimum atomic E-state index is -1.67. The zero-order chi connectivity index (χ0) is 24.3. The van der Waals surface area contributed by atoms with Crippen LogP contribution in [0.5, 0.6) is 0 Å². The first-order valence-corrected chi connectivity index (χ1v) is 9.52. The fourth-order valence-electron chi connectivity index (χ4n) is 2.56. The molecule has 32 heavy (non-hydrogen) atoms. The fourth-order valence-corrected chi connectivity index (χ4v) is 2.56. The van der Waals surface area contributed by atoms with Crippen LogP contribution < -0.4 is 27.4 Å². The van der Waals surface area contributed by atoms with Crippen LogP contribution in [-0.2, 0) is 30.4 Å². The molecule has 13 heteroatoms.